The van der Waals surface area contributed by atoms with Crippen LogP contribution in [-0.4, -0.2) is 15.7 Å². The van der Waals surface area contributed by atoms with Gasteiger partial charge in [0.1, 0.15) is 5.82 Å². The van der Waals surface area contributed by atoms with E-state index in [0.717, 1.165) is 0 Å². The fourth-order valence-electron chi connectivity index (χ4n) is 1.64. The van der Waals surface area contributed by atoms with Crippen molar-refractivity contribution < 1.29 is 0 Å². The molecular formula is C12H19N3O2. The Balaban J connectivity index is 3.22. The molecule has 94 valence electrons. The Bertz CT molecular complexity index is 511. The molecule has 1 aromatic rings. The lowest BCUT2D eigenvalue weighted by atomic mass is 10.4. The molecular weight excluding hydrogens is 218 g/mol. The van der Waals surface area contributed by atoms with Crippen molar-refractivity contribution in [3.8, 4) is 0 Å². The molecule has 1 rings (SSSR count). The number of rotatable bonds is 5. The second kappa shape index (κ2) is 6.08. The molecule has 5 heteroatoms. The van der Waals surface area contributed by atoms with E-state index in [2.05, 4.69) is 5.32 Å². The zero-order chi connectivity index (χ0) is 12.8. The molecule has 0 amide bonds. The largest absolute Gasteiger partial charge is 0.368 e. The first-order chi connectivity index (χ1) is 8.15. The summed E-state index contributed by atoms with van der Waals surface area (Å²) in [4.78, 5) is 23.7. The smallest absolute Gasteiger partial charge is 0.332 e. The number of anilines is 1. The molecule has 5 nitrogen and oxygen atoms in total. The quantitative estimate of drug-likeness (QED) is 0.778. The first-order valence-corrected chi connectivity index (χ1v) is 5.85. The van der Waals surface area contributed by atoms with Gasteiger partial charge in [0.05, 0.1) is 0 Å². The summed E-state index contributed by atoms with van der Waals surface area (Å²) in [6.45, 7) is 7.13. The van der Waals surface area contributed by atoms with Crippen molar-refractivity contribution in [3.63, 3.8) is 0 Å². The third-order valence-corrected chi connectivity index (χ3v) is 2.55. The molecule has 1 N–H and O–H groups in total. The van der Waals surface area contributed by atoms with E-state index >= 15 is 0 Å². The molecule has 0 aliphatic carbocycles. The number of allylic oxidation sites excluding steroid dienone is 1. The van der Waals surface area contributed by atoms with Gasteiger partial charge in [-0.1, -0.05) is 12.2 Å². The third-order valence-electron chi connectivity index (χ3n) is 2.55. The van der Waals surface area contributed by atoms with Crippen LogP contribution in [0.15, 0.2) is 27.8 Å². The van der Waals surface area contributed by atoms with E-state index in [1.54, 1.807) is 11.5 Å². The Morgan fingerprint density at radius 2 is 1.88 bits per heavy atom. The molecule has 0 fully saturated rings. The fraction of sp³-hybridized carbons (Fsp3) is 0.500. The first-order valence-electron chi connectivity index (χ1n) is 5.85. The van der Waals surface area contributed by atoms with Crippen LogP contribution in [0, 0.1) is 0 Å². The first kappa shape index (κ1) is 13.3. The van der Waals surface area contributed by atoms with Gasteiger partial charge in [0.15, 0.2) is 0 Å². The second-order valence-electron chi connectivity index (χ2n) is 3.59. The minimum Gasteiger partial charge on any atom is -0.368 e. The van der Waals surface area contributed by atoms with Gasteiger partial charge in [0.25, 0.3) is 5.56 Å². The molecule has 0 saturated heterocycles. The summed E-state index contributed by atoms with van der Waals surface area (Å²) in [6, 6.07) is 1.47. The molecule has 17 heavy (non-hydrogen) atoms. The SMILES string of the molecule is CC=CCNc1cc(=O)n(CC)c(=O)n1CC. The van der Waals surface area contributed by atoms with Gasteiger partial charge in [-0.05, 0) is 20.8 Å². The molecule has 0 unspecified atom stereocenters. The summed E-state index contributed by atoms with van der Waals surface area (Å²) < 4.78 is 2.79. The van der Waals surface area contributed by atoms with Gasteiger partial charge >= 0.3 is 5.69 Å². The molecule has 0 aliphatic heterocycles. The van der Waals surface area contributed by atoms with Crippen molar-refractivity contribution >= 4 is 5.82 Å². The predicted octanol–water partition coefficient (Wildman–Crippen LogP) is 1.04. The molecule has 1 heterocycles. The molecule has 0 spiro atoms. The van der Waals surface area contributed by atoms with Crippen molar-refractivity contribution in [1.82, 2.24) is 9.13 Å². The van der Waals surface area contributed by atoms with Crippen LogP contribution in [0.2, 0.25) is 0 Å². The fourth-order valence-corrected chi connectivity index (χ4v) is 1.64. The molecule has 1 aromatic heterocycles. The van der Waals surface area contributed by atoms with Crippen molar-refractivity contribution in [2.24, 2.45) is 0 Å². The Morgan fingerprint density at radius 1 is 1.24 bits per heavy atom. The molecule has 0 saturated carbocycles. The summed E-state index contributed by atoms with van der Waals surface area (Å²) in [5, 5.41) is 3.06. The maximum absolute atomic E-state index is 12.0. The highest BCUT2D eigenvalue weighted by atomic mass is 16.2. The van der Waals surface area contributed by atoms with Gasteiger partial charge in [-0.15, -0.1) is 0 Å². The van der Waals surface area contributed by atoms with E-state index < -0.39 is 0 Å². The van der Waals surface area contributed by atoms with E-state index in [4.69, 9.17) is 0 Å². The number of nitrogens with zero attached hydrogens (tertiary/aromatic N) is 2. The van der Waals surface area contributed by atoms with Crippen LogP contribution >= 0.6 is 0 Å². The maximum Gasteiger partial charge on any atom is 0.332 e. The Labute approximate surface area is 100 Å². The highest BCUT2D eigenvalue weighted by Crippen LogP contribution is 2.00. The maximum atomic E-state index is 12.0. The summed E-state index contributed by atoms with van der Waals surface area (Å²) in [5.41, 5.74) is -0.518. The van der Waals surface area contributed by atoms with Crippen molar-refractivity contribution in [3.05, 3.63) is 39.1 Å². The van der Waals surface area contributed by atoms with Gasteiger partial charge < -0.3 is 5.32 Å². The molecule has 0 atom stereocenters. The predicted molar refractivity (Wildman–Crippen MR) is 69.6 cm³/mol. The standard InChI is InChI=1S/C12H19N3O2/c1-4-7-8-13-10-9-11(16)15(6-3)12(17)14(10)5-2/h4,7,9,13H,5-6,8H2,1-3H3. The van der Waals surface area contributed by atoms with Gasteiger partial charge in [0, 0.05) is 25.7 Å². The second-order valence-corrected chi connectivity index (χ2v) is 3.59. The Morgan fingerprint density at radius 3 is 2.41 bits per heavy atom. The van der Waals surface area contributed by atoms with Crippen LogP contribution in [0.5, 0.6) is 0 Å². The van der Waals surface area contributed by atoms with E-state index in [0.29, 0.717) is 25.5 Å². The molecule has 0 radical (unpaired) electrons. The lowest BCUT2D eigenvalue weighted by molar-refractivity contribution is 0.592. The minimum atomic E-state index is -0.259. The Kier molecular flexibility index (Phi) is 4.75. The number of nitrogens with one attached hydrogen (secondary N) is 1. The average molecular weight is 237 g/mol. The summed E-state index contributed by atoms with van der Waals surface area (Å²) >= 11 is 0. The summed E-state index contributed by atoms with van der Waals surface area (Å²) in [5.74, 6) is 0.574. The normalized spacial score (nSPS) is 11.0. The molecule has 0 aromatic carbocycles. The average Bonchev–Trinajstić information content (AvgIpc) is 2.30. The van der Waals surface area contributed by atoms with E-state index in [1.807, 2.05) is 26.0 Å². The molecule has 0 bridgehead atoms. The number of hydrogen-bond acceptors (Lipinski definition) is 3. The highest BCUT2D eigenvalue weighted by Gasteiger charge is 2.07. The van der Waals surface area contributed by atoms with Crippen molar-refractivity contribution in [2.75, 3.05) is 11.9 Å². The van der Waals surface area contributed by atoms with Crippen LogP contribution in [0.3, 0.4) is 0 Å². The van der Waals surface area contributed by atoms with Gasteiger partial charge in [-0.25, -0.2) is 4.79 Å². The lowest BCUT2D eigenvalue weighted by Gasteiger charge is -2.13. The lowest BCUT2D eigenvalue weighted by Crippen LogP contribution is -2.39. The number of hydrogen-bond donors (Lipinski definition) is 1. The van der Waals surface area contributed by atoms with Crippen LogP contribution in [0.1, 0.15) is 20.8 Å². The zero-order valence-electron chi connectivity index (χ0n) is 10.6. The van der Waals surface area contributed by atoms with Crippen molar-refractivity contribution in [2.45, 2.75) is 33.9 Å². The van der Waals surface area contributed by atoms with Crippen LogP contribution in [-0.2, 0) is 13.1 Å². The van der Waals surface area contributed by atoms with Crippen LogP contribution in [0.4, 0.5) is 5.82 Å². The Hall–Kier alpha value is -1.78. The van der Waals surface area contributed by atoms with E-state index in [9.17, 15) is 9.59 Å². The summed E-state index contributed by atoms with van der Waals surface area (Å²) in [6.07, 6.45) is 3.84. The third kappa shape index (κ3) is 2.87. The zero-order valence-corrected chi connectivity index (χ0v) is 10.6. The monoisotopic (exact) mass is 237 g/mol. The van der Waals surface area contributed by atoms with Crippen molar-refractivity contribution in [1.29, 1.82) is 0 Å². The molecule has 0 aliphatic rings. The van der Waals surface area contributed by atoms with Gasteiger partial charge in [-0.2, -0.15) is 0 Å². The van der Waals surface area contributed by atoms with Crippen LogP contribution < -0.4 is 16.6 Å². The van der Waals surface area contributed by atoms with Gasteiger partial charge in [-0.3, -0.25) is 13.9 Å². The van der Waals surface area contributed by atoms with Crippen LogP contribution in [0.25, 0.3) is 0 Å². The summed E-state index contributed by atoms with van der Waals surface area (Å²) in [7, 11) is 0. The van der Waals surface area contributed by atoms with E-state index in [1.165, 1.54) is 10.6 Å². The number of aromatic nitrogens is 2. The van der Waals surface area contributed by atoms with E-state index in [-0.39, 0.29) is 11.2 Å². The van der Waals surface area contributed by atoms with Gasteiger partial charge in [0.2, 0.25) is 0 Å². The highest BCUT2D eigenvalue weighted by molar-refractivity contribution is 5.34. The minimum absolute atomic E-state index is 0.259. The topological polar surface area (TPSA) is 56.0 Å².